The van der Waals surface area contributed by atoms with Crippen molar-refractivity contribution in [3.8, 4) is 5.75 Å². The first-order valence-electron chi connectivity index (χ1n) is 7.62. The minimum atomic E-state index is 0.566. The van der Waals surface area contributed by atoms with Gasteiger partial charge in [0, 0.05) is 13.1 Å². The van der Waals surface area contributed by atoms with E-state index in [0.717, 1.165) is 24.3 Å². The predicted octanol–water partition coefficient (Wildman–Crippen LogP) is 3.09. The van der Waals surface area contributed by atoms with Crippen LogP contribution < -0.4 is 15.4 Å². The van der Waals surface area contributed by atoms with E-state index in [9.17, 15) is 0 Å². The predicted molar refractivity (Wildman–Crippen MR) is 88.2 cm³/mol. The van der Waals surface area contributed by atoms with Gasteiger partial charge in [0.2, 0.25) is 5.95 Å². The molecule has 118 valence electrons. The molecule has 2 N–H and O–H groups in total. The lowest BCUT2D eigenvalue weighted by Gasteiger charge is -2.08. The molecular formula is C16H23N5O. The van der Waals surface area contributed by atoms with Crippen LogP contribution in [0.1, 0.15) is 31.7 Å². The number of ether oxygens (including phenoxy) is 1. The normalized spacial score (nSPS) is 10.3. The van der Waals surface area contributed by atoms with Gasteiger partial charge in [-0.2, -0.15) is 10.1 Å². The lowest BCUT2D eigenvalue weighted by atomic mass is 10.2. The van der Waals surface area contributed by atoms with Gasteiger partial charge in [0.25, 0.3) is 0 Å². The number of hydrogen-bond donors (Lipinski definition) is 2. The minimum absolute atomic E-state index is 0.566. The number of hydrogen-bond acceptors (Lipinski definition) is 6. The maximum Gasteiger partial charge on any atom is 0.244 e. The molecule has 2 aromatic rings. The average Bonchev–Trinajstić information content (AvgIpc) is 2.58. The van der Waals surface area contributed by atoms with E-state index in [-0.39, 0.29) is 0 Å². The fourth-order valence-corrected chi connectivity index (χ4v) is 1.97. The van der Waals surface area contributed by atoms with E-state index in [1.165, 1.54) is 12.8 Å². The largest absolute Gasteiger partial charge is 0.497 e. The van der Waals surface area contributed by atoms with Crippen LogP contribution in [0.3, 0.4) is 0 Å². The van der Waals surface area contributed by atoms with Gasteiger partial charge in [-0.25, -0.2) is 0 Å². The van der Waals surface area contributed by atoms with Crippen LogP contribution in [-0.4, -0.2) is 28.8 Å². The maximum atomic E-state index is 5.14. The summed E-state index contributed by atoms with van der Waals surface area (Å²) in [5.74, 6) is 2.13. The summed E-state index contributed by atoms with van der Waals surface area (Å²) in [6.07, 6.45) is 5.14. The second-order valence-electron chi connectivity index (χ2n) is 5.00. The Morgan fingerprint density at radius 2 is 1.91 bits per heavy atom. The summed E-state index contributed by atoms with van der Waals surface area (Å²) >= 11 is 0. The van der Waals surface area contributed by atoms with Crippen molar-refractivity contribution >= 4 is 11.8 Å². The SMILES string of the molecule is CCCCCNc1nncc(NCc2ccc(OC)cc2)n1. The second kappa shape index (κ2) is 8.81. The van der Waals surface area contributed by atoms with Crippen LogP contribution in [0.25, 0.3) is 0 Å². The highest BCUT2D eigenvalue weighted by Gasteiger charge is 2.00. The molecule has 6 nitrogen and oxygen atoms in total. The van der Waals surface area contributed by atoms with Crippen molar-refractivity contribution in [2.24, 2.45) is 0 Å². The van der Waals surface area contributed by atoms with E-state index in [1.54, 1.807) is 13.3 Å². The Morgan fingerprint density at radius 3 is 2.64 bits per heavy atom. The zero-order chi connectivity index (χ0) is 15.6. The second-order valence-corrected chi connectivity index (χ2v) is 5.00. The summed E-state index contributed by atoms with van der Waals surface area (Å²) in [7, 11) is 1.66. The molecule has 2 rings (SSSR count). The van der Waals surface area contributed by atoms with E-state index >= 15 is 0 Å². The fourth-order valence-electron chi connectivity index (χ4n) is 1.97. The molecule has 1 aromatic heterocycles. The highest BCUT2D eigenvalue weighted by atomic mass is 16.5. The van der Waals surface area contributed by atoms with E-state index in [0.29, 0.717) is 18.3 Å². The Balaban J connectivity index is 1.84. The molecule has 0 unspecified atom stereocenters. The van der Waals surface area contributed by atoms with Crippen molar-refractivity contribution < 1.29 is 4.74 Å². The summed E-state index contributed by atoms with van der Waals surface area (Å²) in [5, 5.41) is 14.4. The van der Waals surface area contributed by atoms with Crippen LogP contribution >= 0.6 is 0 Å². The Hall–Kier alpha value is -2.37. The third-order valence-electron chi connectivity index (χ3n) is 3.25. The number of methoxy groups -OCH3 is 1. The number of nitrogens with zero attached hydrogens (tertiary/aromatic N) is 3. The van der Waals surface area contributed by atoms with Crippen molar-refractivity contribution in [3.05, 3.63) is 36.0 Å². The van der Waals surface area contributed by atoms with Crippen LogP contribution in [0, 0.1) is 0 Å². The number of aromatic nitrogens is 3. The van der Waals surface area contributed by atoms with Crippen LogP contribution in [0.5, 0.6) is 5.75 Å². The molecule has 0 atom stereocenters. The van der Waals surface area contributed by atoms with Gasteiger partial charge in [-0.05, 0) is 24.1 Å². The van der Waals surface area contributed by atoms with Crippen LogP contribution in [0.2, 0.25) is 0 Å². The van der Waals surface area contributed by atoms with Crippen molar-refractivity contribution in [2.75, 3.05) is 24.3 Å². The third kappa shape index (κ3) is 5.20. The Bertz CT molecular complexity index is 559. The molecule has 0 saturated carbocycles. The Labute approximate surface area is 131 Å². The zero-order valence-electron chi connectivity index (χ0n) is 13.2. The average molecular weight is 301 g/mol. The topological polar surface area (TPSA) is 72.0 Å². The van der Waals surface area contributed by atoms with Gasteiger partial charge >= 0.3 is 0 Å². The molecule has 1 heterocycles. The number of anilines is 2. The zero-order valence-corrected chi connectivity index (χ0v) is 13.2. The Kier molecular flexibility index (Phi) is 6.41. The molecule has 0 aliphatic rings. The summed E-state index contributed by atoms with van der Waals surface area (Å²) in [4.78, 5) is 4.40. The first-order valence-corrected chi connectivity index (χ1v) is 7.62. The molecule has 1 aromatic carbocycles. The van der Waals surface area contributed by atoms with Crippen molar-refractivity contribution in [2.45, 2.75) is 32.7 Å². The van der Waals surface area contributed by atoms with E-state index < -0.39 is 0 Å². The highest BCUT2D eigenvalue weighted by molar-refractivity contribution is 5.38. The molecule has 0 radical (unpaired) electrons. The third-order valence-corrected chi connectivity index (χ3v) is 3.25. The first kappa shape index (κ1) is 16.0. The lowest BCUT2D eigenvalue weighted by Crippen LogP contribution is -2.09. The molecule has 0 bridgehead atoms. The minimum Gasteiger partial charge on any atom is -0.497 e. The van der Waals surface area contributed by atoms with Gasteiger partial charge in [0.1, 0.15) is 5.75 Å². The van der Waals surface area contributed by atoms with Crippen molar-refractivity contribution in [1.29, 1.82) is 0 Å². The molecule has 0 amide bonds. The number of nitrogens with one attached hydrogen (secondary N) is 2. The van der Waals surface area contributed by atoms with Crippen LogP contribution in [0.4, 0.5) is 11.8 Å². The summed E-state index contributed by atoms with van der Waals surface area (Å²) in [5.41, 5.74) is 1.15. The van der Waals surface area contributed by atoms with E-state index in [1.807, 2.05) is 24.3 Å². The highest BCUT2D eigenvalue weighted by Crippen LogP contribution is 2.12. The number of rotatable bonds is 9. The molecule has 0 saturated heterocycles. The number of unbranched alkanes of at least 4 members (excludes halogenated alkanes) is 2. The fraction of sp³-hybridized carbons (Fsp3) is 0.438. The summed E-state index contributed by atoms with van der Waals surface area (Å²) in [6, 6.07) is 7.92. The van der Waals surface area contributed by atoms with Crippen LogP contribution in [0.15, 0.2) is 30.5 Å². The van der Waals surface area contributed by atoms with Gasteiger partial charge in [-0.15, -0.1) is 5.10 Å². The first-order chi connectivity index (χ1) is 10.8. The Morgan fingerprint density at radius 1 is 1.09 bits per heavy atom. The summed E-state index contributed by atoms with van der Waals surface area (Å²) < 4.78 is 5.14. The van der Waals surface area contributed by atoms with Gasteiger partial charge < -0.3 is 15.4 Å². The van der Waals surface area contributed by atoms with Gasteiger partial charge in [-0.3, -0.25) is 0 Å². The smallest absolute Gasteiger partial charge is 0.244 e. The molecule has 22 heavy (non-hydrogen) atoms. The molecule has 0 spiro atoms. The monoisotopic (exact) mass is 301 g/mol. The quantitative estimate of drug-likeness (QED) is 0.693. The molecular weight excluding hydrogens is 278 g/mol. The van der Waals surface area contributed by atoms with Crippen molar-refractivity contribution in [3.63, 3.8) is 0 Å². The van der Waals surface area contributed by atoms with Gasteiger partial charge in [0.15, 0.2) is 5.82 Å². The van der Waals surface area contributed by atoms with Crippen molar-refractivity contribution in [1.82, 2.24) is 15.2 Å². The summed E-state index contributed by atoms with van der Waals surface area (Å²) in [6.45, 7) is 3.73. The maximum absolute atomic E-state index is 5.14. The molecule has 0 fully saturated rings. The van der Waals surface area contributed by atoms with E-state index in [2.05, 4.69) is 32.7 Å². The van der Waals surface area contributed by atoms with Crippen LogP contribution in [-0.2, 0) is 6.54 Å². The molecule has 6 heteroatoms. The van der Waals surface area contributed by atoms with Gasteiger partial charge in [0.05, 0.1) is 13.3 Å². The standard InChI is InChI=1S/C16H23N5O/c1-3-4-5-10-17-16-20-15(12-19-21-16)18-11-13-6-8-14(22-2)9-7-13/h6-9,12H,3-5,10-11H2,1-2H3,(H2,17,18,20,21). The molecule has 0 aliphatic carbocycles. The van der Waals surface area contributed by atoms with E-state index in [4.69, 9.17) is 4.74 Å². The van der Waals surface area contributed by atoms with Gasteiger partial charge in [-0.1, -0.05) is 31.9 Å². The lowest BCUT2D eigenvalue weighted by molar-refractivity contribution is 0.414. The number of benzene rings is 1. The molecule has 0 aliphatic heterocycles.